The zero-order valence-corrected chi connectivity index (χ0v) is 12.6. The number of likely N-dealkylation sites (tertiary alicyclic amines) is 1. The summed E-state index contributed by atoms with van der Waals surface area (Å²) in [5.41, 5.74) is 0. The predicted octanol–water partition coefficient (Wildman–Crippen LogP) is 1.74. The molecular weight excluding hydrogens is 252 g/mol. The number of piperidine rings is 1. The molecule has 2 aliphatic heterocycles. The molecule has 0 amide bonds. The molecule has 1 aromatic rings. The van der Waals surface area contributed by atoms with Crippen molar-refractivity contribution in [2.24, 2.45) is 0 Å². The van der Waals surface area contributed by atoms with Crippen molar-refractivity contribution in [3.8, 4) is 0 Å². The number of nitrogens with zero attached hydrogens (tertiary/aromatic N) is 4. The average molecular weight is 278 g/mol. The van der Waals surface area contributed by atoms with Crippen molar-refractivity contribution >= 4 is 0 Å². The van der Waals surface area contributed by atoms with Crippen LogP contribution in [0.2, 0.25) is 0 Å². The number of fused-ring (bicyclic) bond motifs is 1. The van der Waals surface area contributed by atoms with E-state index in [1.54, 1.807) is 0 Å². The Kier molecular flexibility index (Phi) is 4.08. The van der Waals surface area contributed by atoms with E-state index >= 15 is 0 Å². The summed E-state index contributed by atoms with van der Waals surface area (Å²) in [5.74, 6) is 2.60. The topological polar surface area (TPSA) is 54.2 Å². The Bertz CT molecular complexity index is 449. The largest absolute Gasteiger partial charge is 0.394 e. The monoisotopic (exact) mass is 278 g/mol. The van der Waals surface area contributed by atoms with Crippen molar-refractivity contribution in [1.82, 2.24) is 19.7 Å². The molecule has 0 bridgehead atoms. The summed E-state index contributed by atoms with van der Waals surface area (Å²) in [6, 6.07) is 0.786. The Labute approximate surface area is 121 Å². The Hall–Kier alpha value is -0.940. The lowest BCUT2D eigenvalue weighted by atomic mass is 9.95. The second-order valence-corrected chi connectivity index (χ2v) is 6.46. The molecule has 3 heterocycles. The van der Waals surface area contributed by atoms with Crippen LogP contribution in [0, 0.1) is 0 Å². The van der Waals surface area contributed by atoms with E-state index < -0.39 is 0 Å². The summed E-state index contributed by atoms with van der Waals surface area (Å²) in [7, 11) is 0. The second-order valence-electron chi connectivity index (χ2n) is 6.46. The van der Waals surface area contributed by atoms with Crippen LogP contribution in [0.25, 0.3) is 0 Å². The van der Waals surface area contributed by atoms with Crippen LogP contribution in [0.5, 0.6) is 0 Å². The van der Waals surface area contributed by atoms with E-state index in [2.05, 4.69) is 18.7 Å². The second kappa shape index (κ2) is 5.82. The fourth-order valence-corrected chi connectivity index (χ4v) is 3.47. The van der Waals surface area contributed by atoms with Gasteiger partial charge >= 0.3 is 0 Å². The first-order chi connectivity index (χ1) is 9.69. The minimum atomic E-state index is 0.149. The number of hydrogen-bond donors (Lipinski definition) is 1. The van der Waals surface area contributed by atoms with Gasteiger partial charge in [-0.2, -0.15) is 5.10 Å². The molecule has 0 aromatic carbocycles. The molecule has 1 unspecified atom stereocenters. The van der Waals surface area contributed by atoms with E-state index in [9.17, 15) is 5.11 Å². The Morgan fingerprint density at radius 1 is 1.25 bits per heavy atom. The van der Waals surface area contributed by atoms with Crippen LogP contribution < -0.4 is 0 Å². The van der Waals surface area contributed by atoms with Gasteiger partial charge in [-0.1, -0.05) is 0 Å². The molecule has 2 aliphatic rings. The van der Waals surface area contributed by atoms with Gasteiger partial charge < -0.3 is 10.0 Å². The summed E-state index contributed by atoms with van der Waals surface area (Å²) in [6.45, 7) is 7.01. The van der Waals surface area contributed by atoms with Crippen LogP contribution in [0.4, 0.5) is 0 Å². The molecule has 112 valence electrons. The smallest absolute Gasteiger partial charge is 0.154 e. The highest BCUT2D eigenvalue weighted by Gasteiger charge is 2.28. The molecule has 20 heavy (non-hydrogen) atoms. The minimum absolute atomic E-state index is 0.149. The molecule has 1 fully saturated rings. The van der Waals surface area contributed by atoms with Crippen molar-refractivity contribution in [3.05, 3.63) is 11.6 Å². The first-order valence-corrected chi connectivity index (χ1v) is 7.99. The van der Waals surface area contributed by atoms with Gasteiger partial charge in [-0.15, -0.1) is 0 Å². The third kappa shape index (κ3) is 2.61. The first-order valence-electron chi connectivity index (χ1n) is 7.99. The SMILES string of the molecule is CC(C)N1CCC(c2nc3n(n2)C(CO)CCC3)CC1. The van der Waals surface area contributed by atoms with Crippen molar-refractivity contribution in [3.63, 3.8) is 0 Å². The van der Waals surface area contributed by atoms with Gasteiger partial charge in [0.05, 0.1) is 12.6 Å². The standard InChI is InChI=1S/C15H26N4O/c1-11(2)18-8-6-12(7-9-18)15-16-14-5-3-4-13(10-20)19(14)17-15/h11-13,20H,3-10H2,1-2H3. The number of rotatable bonds is 3. The third-order valence-corrected chi connectivity index (χ3v) is 4.84. The summed E-state index contributed by atoms with van der Waals surface area (Å²) in [6.07, 6.45) is 5.47. The van der Waals surface area contributed by atoms with Gasteiger partial charge in [-0.25, -0.2) is 9.67 Å². The number of aliphatic hydroxyl groups excluding tert-OH is 1. The van der Waals surface area contributed by atoms with E-state index in [1.165, 1.54) is 0 Å². The first kappa shape index (κ1) is 14.0. The molecule has 1 aromatic heterocycles. The summed E-state index contributed by atoms with van der Waals surface area (Å²) < 4.78 is 1.99. The van der Waals surface area contributed by atoms with Crippen molar-refractivity contribution < 1.29 is 5.11 Å². The zero-order valence-electron chi connectivity index (χ0n) is 12.6. The van der Waals surface area contributed by atoms with Crippen LogP contribution in [-0.4, -0.2) is 50.5 Å². The van der Waals surface area contributed by atoms with Gasteiger partial charge in [0.1, 0.15) is 5.82 Å². The van der Waals surface area contributed by atoms with E-state index in [1.807, 2.05) is 4.68 Å². The number of aromatic nitrogens is 3. The summed E-state index contributed by atoms with van der Waals surface area (Å²) >= 11 is 0. The minimum Gasteiger partial charge on any atom is -0.394 e. The van der Waals surface area contributed by atoms with E-state index in [0.29, 0.717) is 12.0 Å². The van der Waals surface area contributed by atoms with Gasteiger partial charge in [-0.3, -0.25) is 0 Å². The highest BCUT2D eigenvalue weighted by Crippen LogP contribution is 2.29. The van der Waals surface area contributed by atoms with Gasteiger partial charge in [0.2, 0.25) is 0 Å². The summed E-state index contributed by atoms with van der Waals surface area (Å²) in [4.78, 5) is 7.30. The van der Waals surface area contributed by atoms with Crippen LogP contribution in [0.1, 0.15) is 63.1 Å². The number of aliphatic hydroxyl groups is 1. The predicted molar refractivity (Wildman–Crippen MR) is 77.8 cm³/mol. The van der Waals surface area contributed by atoms with E-state index in [4.69, 9.17) is 10.1 Å². The van der Waals surface area contributed by atoms with Crippen molar-refractivity contribution in [2.45, 2.75) is 64.0 Å². The molecule has 3 rings (SSSR count). The maximum atomic E-state index is 9.46. The van der Waals surface area contributed by atoms with Crippen LogP contribution in [-0.2, 0) is 6.42 Å². The zero-order chi connectivity index (χ0) is 14.1. The lowest BCUT2D eigenvalue weighted by Gasteiger charge is -2.33. The molecule has 1 saturated heterocycles. The summed E-state index contributed by atoms with van der Waals surface area (Å²) in [5, 5.41) is 14.2. The molecular formula is C15H26N4O. The molecule has 0 saturated carbocycles. The highest BCUT2D eigenvalue weighted by atomic mass is 16.3. The normalized spacial score (nSPS) is 25.1. The average Bonchev–Trinajstić information content (AvgIpc) is 2.91. The van der Waals surface area contributed by atoms with Gasteiger partial charge in [-0.05, 0) is 52.6 Å². The molecule has 1 N–H and O–H groups in total. The van der Waals surface area contributed by atoms with Crippen molar-refractivity contribution in [1.29, 1.82) is 0 Å². The highest BCUT2D eigenvalue weighted by molar-refractivity contribution is 5.04. The van der Waals surface area contributed by atoms with Crippen LogP contribution in [0.3, 0.4) is 0 Å². The lowest BCUT2D eigenvalue weighted by molar-refractivity contribution is 0.168. The number of aryl methyl sites for hydroxylation is 1. The Balaban J connectivity index is 1.71. The third-order valence-electron chi connectivity index (χ3n) is 4.84. The Morgan fingerprint density at radius 3 is 2.65 bits per heavy atom. The van der Waals surface area contributed by atoms with E-state index in [-0.39, 0.29) is 12.6 Å². The van der Waals surface area contributed by atoms with Crippen molar-refractivity contribution in [2.75, 3.05) is 19.7 Å². The van der Waals surface area contributed by atoms with E-state index in [0.717, 1.165) is 56.8 Å². The molecule has 0 aliphatic carbocycles. The molecule has 1 atom stereocenters. The maximum absolute atomic E-state index is 9.46. The quantitative estimate of drug-likeness (QED) is 0.915. The fraction of sp³-hybridized carbons (Fsp3) is 0.867. The van der Waals surface area contributed by atoms with Crippen LogP contribution >= 0.6 is 0 Å². The molecule has 0 radical (unpaired) electrons. The fourth-order valence-electron chi connectivity index (χ4n) is 3.47. The molecule has 5 heteroatoms. The van der Waals surface area contributed by atoms with Crippen LogP contribution in [0.15, 0.2) is 0 Å². The lowest BCUT2D eigenvalue weighted by Crippen LogP contribution is -2.38. The number of hydrogen-bond acceptors (Lipinski definition) is 4. The molecule has 5 nitrogen and oxygen atoms in total. The van der Waals surface area contributed by atoms with Gasteiger partial charge in [0.15, 0.2) is 5.82 Å². The maximum Gasteiger partial charge on any atom is 0.154 e. The van der Waals surface area contributed by atoms with Gasteiger partial charge in [0.25, 0.3) is 0 Å². The molecule has 0 spiro atoms. The van der Waals surface area contributed by atoms with Gasteiger partial charge in [0, 0.05) is 18.4 Å². The Morgan fingerprint density at radius 2 is 2.00 bits per heavy atom.